The van der Waals surface area contributed by atoms with Crippen LogP contribution < -0.4 is 10.2 Å². The summed E-state index contributed by atoms with van der Waals surface area (Å²) in [4.78, 5) is 18.8. The maximum atomic E-state index is 12.0. The van der Waals surface area contributed by atoms with E-state index in [0.717, 1.165) is 28.0 Å². The highest BCUT2D eigenvalue weighted by Gasteiger charge is 2.17. The van der Waals surface area contributed by atoms with E-state index in [1.807, 2.05) is 24.3 Å². The highest BCUT2D eigenvalue weighted by Crippen LogP contribution is 2.22. The monoisotopic (exact) mass is 410 g/mol. The van der Waals surface area contributed by atoms with Crippen LogP contribution in [0.2, 0.25) is 5.02 Å². The first-order valence-electron chi connectivity index (χ1n) is 9.09. The molecule has 27 heavy (non-hydrogen) atoms. The van der Waals surface area contributed by atoms with Gasteiger partial charge in [-0.1, -0.05) is 23.7 Å². The molecule has 0 saturated heterocycles. The molecule has 0 spiro atoms. The Kier molecular flexibility index (Phi) is 8.97. The summed E-state index contributed by atoms with van der Waals surface area (Å²) in [6.07, 6.45) is 1.91. The standard InChI is InChI=1S/C19H27ClN4O2S/c1-14(2)24(11-9-18(25)21-10-4-12-26-3)19-22-17(23-27-19)13-15-5-7-16(20)8-6-15/h5-8,14H,4,9-13H2,1-3H3,(H,21,25). The van der Waals surface area contributed by atoms with Gasteiger partial charge in [0, 0.05) is 62.2 Å². The molecule has 0 saturated carbocycles. The number of hydrogen-bond donors (Lipinski definition) is 1. The molecule has 1 amide bonds. The molecule has 0 radical (unpaired) electrons. The summed E-state index contributed by atoms with van der Waals surface area (Å²) >= 11 is 7.30. The Balaban J connectivity index is 1.89. The van der Waals surface area contributed by atoms with Crippen molar-refractivity contribution in [3.63, 3.8) is 0 Å². The summed E-state index contributed by atoms with van der Waals surface area (Å²) < 4.78 is 9.46. The Hall–Kier alpha value is -1.70. The summed E-state index contributed by atoms with van der Waals surface area (Å²) in [5, 5.41) is 4.48. The average molecular weight is 411 g/mol. The van der Waals surface area contributed by atoms with E-state index in [-0.39, 0.29) is 11.9 Å². The molecule has 0 aliphatic carbocycles. The smallest absolute Gasteiger partial charge is 0.221 e. The molecule has 1 heterocycles. The first kappa shape index (κ1) is 21.6. The number of rotatable bonds is 11. The van der Waals surface area contributed by atoms with Gasteiger partial charge in [0.2, 0.25) is 11.0 Å². The average Bonchev–Trinajstić information content (AvgIpc) is 3.09. The summed E-state index contributed by atoms with van der Waals surface area (Å²) in [6, 6.07) is 7.95. The van der Waals surface area contributed by atoms with E-state index in [9.17, 15) is 4.79 Å². The molecule has 0 aliphatic heterocycles. The number of ether oxygens (including phenoxy) is 1. The first-order chi connectivity index (χ1) is 13.0. The topological polar surface area (TPSA) is 67.3 Å². The lowest BCUT2D eigenvalue weighted by Gasteiger charge is -2.25. The van der Waals surface area contributed by atoms with Crippen molar-refractivity contribution in [2.45, 2.75) is 39.2 Å². The molecule has 0 fully saturated rings. The van der Waals surface area contributed by atoms with Gasteiger partial charge >= 0.3 is 0 Å². The number of benzene rings is 1. The van der Waals surface area contributed by atoms with Crippen LogP contribution in [0, 0.1) is 0 Å². The Morgan fingerprint density at radius 2 is 2.07 bits per heavy atom. The van der Waals surface area contributed by atoms with Crippen LogP contribution in [0.5, 0.6) is 0 Å². The lowest BCUT2D eigenvalue weighted by Crippen LogP contribution is -2.35. The van der Waals surface area contributed by atoms with E-state index in [0.29, 0.717) is 32.5 Å². The Bertz CT molecular complexity index is 706. The quantitative estimate of drug-likeness (QED) is 0.574. The van der Waals surface area contributed by atoms with Crippen molar-refractivity contribution in [3.8, 4) is 0 Å². The molecule has 0 bridgehead atoms. The zero-order valence-electron chi connectivity index (χ0n) is 16.1. The van der Waals surface area contributed by atoms with Crippen LogP contribution >= 0.6 is 23.1 Å². The van der Waals surface area contributed by atoms with Gasteiger partial charge in [0.05, 0.1) is 0 Å². The van der Waals surface area contributed by atoms with Crippen LogP contribution in [0.15, 0.2) is 24.3 Å². The van der Waals surface area contributed by atoms with E-state index in [1.165, 1.54) is 11.5 Å². The number of nitrogens with zero attached hydrogens (tertiary/aromatic N) is 3. The lowest BCUT2D eigenvalue weighted by molar-refractivity contribution is -0.120. The van der Waals surface area contributed by atoms with Gasteiger partial charge in [-0.3, -0.25) is 4.79 Å². The largest absolute Gasteiger partial charge is 0.385 e. The van der Waals surface area contributed by atoms with Crippen molar-refractivity contribution in [3.05, 3.63) is 40.7 Å². The summed E-state index contributed by atoms with van der Waals surface area (Å²) in [7, 11) is 1.66. The second-order valence-electron chi connectivity index (χ2n) is 6.53. The molecule has 2 aromatic rings. The Morgan fingerprint density at radius 1 is 1.33 bits per heavy atom. The van der Waals surface area contributed by atoms with Crippen molar-refractivity contribution >= 4 is 34.2 Å². The number of carbonyl (C=O) groups excluding carboxylic acids is 1. The number of amides is 1. The van der Waals surface area contributed by atoms with Crippen molar-refractivity contribution in [2.75, 3.05) is 31.7 Å². The molecule has 1 aromatic heterocycles. The van der Waals surface area contributed by atoms with Gasteiger partial charge in [-0.25, -0.2) is 4.98 Å². The number of halogens is 1. The summed E-state index contributed by atoms with van der Waals surface area (Å²) in [5.74, 6) is 0.828. The number of methoxy groups -OCH3 is 1. The van der Waals surface area contributed by atoms with Crippen LogP contribution in [-0.2, 0) is 16.0 Å². The van der Waals surface area contributed by atoms with Crippen LogP contribution in [0.25, 0.3) is 0 Å². The molecule has 0 atom stereocenters. The number of hydrogen-bond acceptors (Lipinski definition) is 6. The van der Waals surface area contributed by atoms with Crippen LogP contribution in [0.3, 0.4) is 0 Å². The second-order valence-corrected chi connectivity index (χ2v) is 7.70. The van der Waals surface area contributed by atoms with Gasteiger partial charge in [-0.15, -0.1) is 0 Å². The number of carbonyl (C=O) groups is 1. The normalized spacial score (nSPS) is 11.0. The van der Waals surface area contributed by atoms with Gasteiger partial charge < -0.3 is 15.0 Å². The molecule has 2 rings (SSSR count). The minimum atomic E-state index is 0.0441. The third kappa shape index (κ3) is 7.44. The third-order valence-electron chi connectivity index (χ3n) is 4.03. The fraction of sp³-hybridized carbons (Fsp3) is 0.526. The summed E-state index contributed by atoms with van der Waals surface area (Å²) in [6.45, 7) is 6.09. The first-order valence-corrected chi connectivity index (χ1v) is 10.2. The van der Waals surface area contributed by atoms with Gasteiger partial charge in [-0.05, 0) is 38.0 Å². The molecule has 8 heteroatoms. The highest BCUT2D eigenvalue weighted by molar-refractivity contribution is 7.09. The number of aromatic nitrogens is 2. The maximum absolute atomic E-state index is 12.0. The maximum Gasteiger partial charge on any atom is 0.221 e. The molecular weight excluding hydrogens is 384 g/mol. The van der Waals surface area contributed by atoms with Gasteiger partial charge in [0.25, 0.3) is 0 Å². The zero-order chi connectivity index (χ0) is 19.6. The van der Waals surface area contributed by atoms with Crippen molar-refractivity contribution in [1.29, 1.82) is 0 Å². The zero-order valence-corrected chi connectivity index (χ0v) is 17.6. The predicted molar refractivity (Wildman–Crippen MR) is 111 cm³/mol. The molecule has 148 valence electrons. The molecule has 0 unspecified atom stereocenters. The third-order valence-corrected chi connectivity index (χ3v) is 5.07. The van der Waals surface area contributed by atoms with Crippen molar-refractivity contribution < 1.29 is 9.53 Å². The molecule has 6 nitrogen and oxygen atoms in total. The minimum absolute atomic E-state index is 0.0441. The van der Waals surface area contributed by atoms with Crippen molar-refractivity contribution in [2.24, 2.45) is 0 Å². The Morgan fingerprint density at radius 3 is 2.74 bits per heavy atom. The molecule has 1 N–H and O–H groups in total. The molecule has 0 aliphatic rings. The lowest BCUT2D eigenvalue weighted by atomic mass is 10.1. The number of anilines is 1. The fourth-order valence-electron chi connectivity index (χ4n) is 2.55. The van der Waals surface area contributed by atoms with Gasteiger partial charge in [0.15, 0.2) is 0 Å². The van der Waals surface area contributed by atoms with E-state index in [1.54, 1.807) is 7.11 Å². The van der Waals surface area contributed by atoms with Crippen molar-refractivity contribution in [1.82, 2.24) is 14.7 Å². The number of nitrogens with one attached hydrogen (secondary N) is 1. The van der Waals surface area contributed by atoms with E-state index in [4.69, 9.17) is 16.3 Å². The van der Waals surface area contributed by atoms with E-state index in [2.05, 4.69) is 33.4 Å². The second kappa shape index (κ2) is 11.2. The van der Waals surface area contributed by atoms with E-state index < -0.39 is 0 Å². The minimum Gasteiger partial charge on any atom is -0.385 e. The predicted octanol–water partition coefficient (Wildman–Crippen LogP) is 3.54. The highest BCUT2D eigenvalue weighted by atomic mass is 35.5. The van der Waals surface area contributed by atoms with Crippen LogP contribution in [-0.4, -0.2) is 48.1 Å². The Labute approximate surface area is 170 Å². The fourth-order valence-corrected chi connectivity index (χ4v) is 3.52. The van der Waals surface area contributed by atoms with Gasteiger partial charge in [-0.2, -0.15) is 4.37 Å². The summed E-state index contributed by atoms with van der Waals surface area (Å²) in [5.41, 5.74) is 1.12. The van der Waals surface area contributed by atoms with Crippen LogP contribution in [0.4, 0.5) is 5.13 Å². The molecule has 1 aromatic carbocycles. The SMILES string of the molecule is COCCCNC(=O)CCN(c1nc(Cc2ccc(Cl)cc2)ns1)C(C)C. The molecular formula is C19H27ClN4O2S. The van der Waals surface area contributed by atoms with Crippen LogP contribution in [0.1, 0.15) is 38.1 Å². The van der Waals surface area contributed by atoms with Gasteiger partial charge in [0.1, 0.15) is 5.82 Å². The van der Waals surface area contributed by atoms with E-state index >= 15 is 0 Å².